The Labute approximate surface area is 199 Å². The van der Waals surface area contributed by atoms with Gasteiger partial charge in [-0.05, 0) is 54.3 Å². The molecule has 0 spiro atoms. The van der Waals surface area contributed by atoms with Gasteiger partial charge < -0.3 is 14.6 Å². The van der Waals surface area contributed by atoms with Gasteiger partial charge in [0.05, 0.1) is 29.3 Å². The SMILES string of the molecule is COc1cccc(C2NC(=O)N(c3cccc(Cl)c3)C(C)=C2c2nc(-c3cccs3)no2)c1. The number of ether oxygens (including phenoxy) is 1. The van der Waals surface area contributed by atoms with Crippen molar-refractivity contribution in [3.8, 4) is 16.5 Å². The smallest absolute Gasteiger partial charge is 0.326 e. The fourth-order valence-corrected chi connectivity index (χ4v) is 4.69. The number of thiophene rings is 1. The zero-order chi connectivity index (χ0) is 22.9. The van der Waals surface area contributed by atoms with Crippen LogP contribution in [0.15, 0.2) is 76.3 Å². The molecule has 1 atom stereocenters. The first kappa shape index (κ1) is 21.2. The number of carbonyl (C=O) groups is 1. The van der Waals surface area contributed by atoms with Gasteiger partial charge in [-0.2, -0.15) is 4.98 Å². The van der Waals surface area contributed by atoms with Gasteiger partial charge in [-0.15, -0.1) is 11.3 Å². The minimum atomic E-state index is -0.514. The second-order valence-electron chi connectivity index (χ2n) is 7.37. The Hall–Kier alpha value is -3.62. The van der Waals surface area contributed by atoms with E-state index in [0.717, 1.165) is 10.4 Å². The summed E-state index contributed by atoms with van der Waals surface area (Å²) in [7, 11) is 1.60. The van der Waals surface area contributed by atoms with Crippen molar-refractivity contribution in [3.05, 3.63) is 88.2 Å². The van der Waals surface area contributed by atoms with Crippen molar-refractivity contribution in [2.24, 2.45) is 0 Å². The summed E-state index contributed by atoms with van der Waals surface area (Å²) in [6.45, 7) is 1.86. The van der Waals surface area contributed by atoms with E-state index < -0.39 is 6.04 Å². The number of aromatic nitrogens is 2. The van der Waals surface area contributed by atoms with E-state index in [1.165, 1.54) is 11.3 Å². The maximum Gasteiger partial charge on any atom is 0.326 e. The van der Waals surface area contributed by atoms with E-state index in [9.17, 15) is 4.79 Å². The van der Waals surface area contributed by atoms with Crippen LogP contribution in [-0.2, 0) is 0 Å². The largest absolute Gasteiger partial charge is 0.497 e. The first-order valence-corrected chi connectivity index (χ1v) is 11.4. The van der Waals surface area contributed by atoms with Crippen LogP contribution in [0.2, 0.25) is 5.02 Å². The molecule has 0 aliphatic carbocycles. The lowest BCUT2D eigenvalue weighted by molar-refractivity contribution is 0.244. The number of methoxy groups -OCH3 is 1. The molecule has 166 valence electrons. The molecule has 4 aromatic rings. The maximum atomic E-state index is 13.3. The lowest BCUT2D eigenvalue weighted by Gasteiger charge is -2.35. The molecular formula is C24H19ClN4O3S. The molecule has 1 N–H and O–H groups in total. The van der Waals surface area contributed by atoms with Crippen molar-refractivity contribution in [3.63, 3.8) is 0 Å². The van der Waals surface area contributed by atoms with Crippen molar-refractivity contribution in [2.75, 3.05) is 12.0 Å². The molecule has 2 aromatic heterocycles. The number of nitrogens with one attached hydrogen (secondary N) is 1. The summed E-state index contributed by atoms with van der Waals surface area (Å²) in [6, 6.07) is 17.7. The summed E-state index contributed by atoms with van der Waals surface area (Å²) < 4.78 is 11.1. The van der Waals surface area contributed by atoms with Crippen LogP contribution in [0.3, 0.4) is 0 Å². The number of hydrogen-bond donors (Lipinski definition) is 1. The predicted octanol–water partition coefficient (Wildman–Crippen LogP) is 6.16. The highest BCUT2D eigenvalue weighted by Gasteiger charge is 2.36. The number of nitrogens with zero attached hydrogens (tertiary/aromatic N) is 3. The summed E-state index contributed by atoms with van der Waals surface area (Å²) in [5.41, 5.74) is 2.82. The first-order chi connectivity index (χ1) is 16.0. The van der Waals surface area contributed by atoms with Crippen LogP contribution in [-0.4, -0.2) is 23.3 Å². The number of amides is 2. The molecule has 1 aliphatic rings. The van der Waals surface area contributed by atoms with E-state index in [0.29, 0.717) is 39.4 Å². The highest BCUT2D eigenvalue weighted by atomic mass is 35.5. The fraction of sp³-hybridized carbons (Fsp3) is 0.125. The summed E-state index contributed by atoms with van der Waals surface area (Å²) in [4.78, 5) is 20.4. The molecule has 0 bridgehead atoms. The van der Waals surface area contributed by atoms with Gasteiger partial charge in [0.25, 0.3) is 5.89 Å². The second-order valence-corrected chi connectivity index (χ2v) is 8.76. The third-order valence-electron chi connectivity index (χ3n) is 5.38. The molecule has 33 heavy (non-hydrogen) atoms. The van der Waals surface area contributed by atoms with Crippen molar-refractivity contribution in [1.82, 2.24) is 15.5 Å². The summed E-state index contributed by atoms with van der Waals surface area (Å²) in [5.74, 6) is 1.51. The Morgan fingerprint density at radius 1 is 1.15 bits per heavy atom. The fourth-order valence-electron chi connectivity index (χ4n) is 3.86. The Balaban J connectivity index is 1.67. The molecule has 3 heterocycles. The number of halogens is 1. The van der Waals surface area contributed by atoms with Crippen molar-refractivity contribution in [2.45, 2.75) is 13.0 Å². The van der Waals surface area contributed by atoms with Gasteiger partial charge in [0.2, 0.25) is 5.82 Å². The van der Waals surface area contributed by atoms with Crippen LogP contribution in [0, 0.1) is 0 Å². The lowest BCUT2D eigenvalue weighted by Crippen LogP contribution is -2.46. The Kier molecular flexibility index (Phi) is 5.62. The Morgan fingerprint density at radius 3 is 2.76 bits per heavy atom. The van der Waals surface area contributed by atoms with Crippen molar-refractivity contribution >= 4 is 40.2 Å². The van der Waals surface area contributed by atoms with Gasteiger partial charge in [0, 0.05) is 10.7 Å². The molecule has 2 aromatic carbocycles. The van der Waals surface area contributed by atoms with Gasteiger partial charge in [-0.1, -0.05) is 41.0 Å². The number of allylic oxidation sites excluding steroid dienone is 1. The minimum absolute atomic E-state index is 0.288. The molecule has 0 saturated carbocycles. The highest BCUT2D eigenvalue weighted by molar-refractivity contribution is 7.13. The lowest BCUT2D eigenvalue weighted by atomic mass is 9.94. The number of benzene rings is 2. The topological polar surface area (TPSA) is 80.5 Å². The molecule has 0 saturated heterocycles. The summed E-state index contributed by atoms with van der Waals surface area (Å²) in [6.07, 6.45) is 0. The van der Waals surface area contributed by atoms with E-state index >= 15 is 0 Å². The molecular weight excluding hydrogens is 460 g/mol. The number of carbonyl (C=O) groups excluding carboxylic acids is 1. The highest BCUT2D eigenvalue weighted by Crippen LogP contribution is 2.40. The zero-order valence-electron chi connectivity index (χ0n) is 17.8. The summed E-state index contributed by atoms with van der Waals surface area (Å²) >= 11 is 7.73. The monoisotopic (exact) mass is 478 g/mol. The van der Waals surface area contributed by atoms with Gasteiger partial charge in [-0.3, -0.25) is 4.90 Å². The molecule has 1 aliphatic heterocycles. The van der Waals surface area contributed by atoms with Crippen LogP contribution < -0.4 is 15.0 Å². The number of hydrogen-bond acceptors (Lipinski definition) is 6. The number of urea groups is 1. The van der Waals surface area contributed by atoms with Crippen LogP contribution in [0.5, 0.6) is 5.75 Å². The molecule has 0 fully saturated rings. The molecule has 1 unspecified atom stereocenters. The molecule has 9 heteroatoms. The van der Waals surface area contributed by atoms with Gasteiger partial charge in [0.15, 0.2) is 0 Å². The average Bonchev–Trinajstić information content (AvgIpc) is 3.51. The van der Waals surface area contributed by atoms with Crippen LogP contribution >= 0.6 is 22.9 Å². The van der Waals surface area contributed by atoms with E-state index in [4.69, 9.17) is 20.9 Å². The van der Waals surface area contributed by atoms with Gasteiger partial charge >= 0.3 is 6.03 Å². The van der Waals surface area contributed by atoms with Crippen LogP contribution in [0.25, 0.3) is 16.3 Å². The van der Waals surface area contributed by atoms with E-state index in [-0.39, 0.29) is 6.03 Å². The van der Waals surface area contributed by atoms with Crippen molar-refractivity contribution < 1.29 is 14.1 Å². The molecule has 0 radical (unpaired) electrons. The number of anilines is 1. The zero-order valence-corrected chi connectivity index (χ0v) is 19.4. The second kappa shape index (κ2) is 8.73. The Bertz CT molecular complexity index is 1350. The normalized spacial score (nSPS) is 16.2. The molecule has 5 rings (SSSR count). The Morgan fingerprint density at radius 2 is 2.00 bits per heavy atom. The van der Waals surface area contributed by atoms with Crippen molar-refractivity contribution in [1.29, 1.82) is 0 Å². The van der Waals surface area contributed by atoms with Gasteiger partial charge in [0.1, 0.15) is 5.75 Å². The van der Waals surface area contributed by atoms with Crippen LogP contribution in [0.1, 0.15) is 24.4 Å². The maximum absolute atomic E-state index is 13.3. The molecule has 2 amide bonds. The standard InChI is InChI=1S/C24H19ClN4O3S/c1-14-20(23-27-22(28-32-23)19-10-5-11-33-19)21(15-6-3-9-18(12-15)31-2)26-24(30)29(14)17-8-4-7-16(25)13-17/h3-13,21H,1-2H3,(H,26,30). The predicted molar refractivity (Wildman–Crippen MR) is 128 cm³/mol. The molecule has 7 nitrogen and oxygen atoms in total. The average molecular weight is 479 g/mol. The quantitative estimate of drug-likeness (QED) is 0.371. The first-order valence-electron chi connectivity index (χ1n) is 10.1. The van der Waals surface area contributed by atoms with E-state index in [1.54, 1.807) is 30.2 Å². The third-order valence-corrected chi connectivity index (χ3v) is 6.48. The summed E-state index contributed by atoms with van der Waals surface area (Å²) in [5, 5.41) is 9.74. The third kappa shape index (κ3) is 3.99. The number of rotatable bonds is 5. The minimum Gasteiger partial charge on any atom is -0.497 e. The van der Waals surface area contributed by atoms with E-state index in [1.807, 2.05) is 54.8 Å². The van der Waals surface area contributed by atoms with Gasteiger partial charge in [-0.25, -0.2) is 4.79 Å². The van der Waals surface area contributed by atoms with Crippen LogP contribution in [0.4, 0.5) is 10.5 Å². The van der Waals surface area contributed by atoms with E-state index in [2.05, 4.69) is 15.5 Å².